The quantitative estimate of drug-likeness (QED) is 0.476. The molecule has 3 heteroatoms. The molecule has 0 aromatic heterocycles. The molecule has 1 aromatic rings. The number of unbranched alkanes of at least 4 members (excludes halogenated alkanes) is 9. The Morgan fingerprint density at radius 1 is 0.909 bits per heavy atom. The van der Waals surface area contributed by atoms with Gasteiger partial charge in [0.2, 0.25) is 0 Å². The fraction of sp³-hybridized carbons (Fsp3) is 0.632. The van der Waals surface area contributed by atoms with Crippen molar-refractivity contribution in [3.8, 4) is 0 Å². The van der Waals surface area contributed by atoms with Crippen molar-refractivity contribution in [1.82, 2.24) is 0 Å². The third-order valence-electron chi connectivity index (χ3n) is 4.05. The zero-order chi connectivity index (χ0) is 15.3. The first kappa shape index (κ1) is 21.7. The number of carbonyl (C=O) groups is 1. The molecule has 0 radical (unpaired) electrons. The summed E-state index contributed by atoms with van der Waals surface area (Å²) in [5, 5.41) is 9.13. The third-order valence-corrected chi connectivity index (χ3v) is 4.05. The number of aromatic carboxylic acids is 1. The summed E-state index contributed by atoms with van der Waals surface area (Å²) in [6, 6.07) is 7.37. The van der Waals surface area contributed by atoms with Gasteiger partial charge in [0.05, 0.1) is 5.56 Å². The molecule has 0 amide bonds. The Labute approximate surface area is 159 Å². The van der Waals surface area contributed by atoms with Gasteiger partial charge in [0.1, 0.15) is 0 Å². The summed E-state index contributed by atoms with van der Waals surface area (Å²) < 4.78 is 0. The summed E-state index contributed by atoms with van der Waals surface area (Å²) in [5.41, 5.74) is 1.44. The Hall–Kier alpha value is -0.310. The fourth-order valence-corrected chi connectivity index (χ4v) is 2.75. The van der Waals surface area contributed by atoms with Crippen LogP contribution in [0.2, 0.25) is 0 Å². The van der Waals surface area contributed by atoms with Gasteiger partial charge in [-0.05, 0) is 24.5 Å². The molecule has 0 spiro atoms. The van der Waals surface area contributed by atoms with Crippen LogP contribution < -0.4 is 29.6 Å². The van der Waals surface area contributed by atoms with Crippen molar-refractivity contribution in [2.75, 3.05) is 0 Å². The van der Waals surface area contributed by atoms with Gasteiger partial charge in [0, 0.05) is 0 Å². The van der Waals surface area contributed by atoms with E-state index in [1.54, 1.807) is 12.1 Å². The van der Waals surface area contributed by atoms with E-state index in [9.17, 15) is 4.79 Å². The van der Waals surface area contributed by atoms with Gasteiger partial charge in [-0.3, -0.25) is 0 Å². The summed E-state index contributed by atoms with van der Waals surface area (Å²) in [4.78, 5) is 11.1. The predicted molar refractivity (Wildman–Crippen MR) is 90.1 cm³/mol. The van der Waals surface area contributed by atoms with Crippen molar-refractivity contribution >= 4 is 5.97 Å². The summed E-state index contributed by atoms with van der Waals surface area (Å²) in [7, 11) is 0. The molecule has 0 aliphatic heterocycles. The molecule has 0 fully saturated rings. The molecule has 22 heavy (non-hydrogen) atoms. The average Bonchev–Trinajstić information content (AvgIpc) is 2.49. The predicted octanol–water partition coefficient (Wildman–Crippen LogP) is 2.96. The number of benzene rings is 1. The summed E-state index contributed by atoms with van der Waals surface area (Å²) in [6.07, 6.45) is 14.0. The first-order chi connectivity index (χ1) is 10.3. The molecule has 2 nitrogen and oxygen atoms in total. The third kappa shape index (κ3) is 9.66. The fourth-order valence-electron chi connectivity index (χ4n) is 2.75. The molecule has 1 rings (SSSR count). The zero-order valence-corrected chi connectivity index (χ0v) is 16.4. The van der Waals surface area contributed by atoms with Gasteiger partial charge in [-0.2, -0.15) is 0 Å². The molecule has 0 aliphatic rings. The first-order valence-electron chi connectivity index (χ1n) is 8.57. The maximum atomic E-state index is 11.1. The second-order valence-corrected chi connectivity index (χ2v) is 5.89. The van der Waals surface area contributed by atoms with E-state index >= 15 is 0 Å². The maximum Gasteiger partial charge on any atom is 1.00 e. The van der Waals surface area contributed by atoms with Crippen molar-refractivity contribution in [3.63, 3.8) is 0 Å². The minimum absolute atomic E-state index is 0. The van der Waals surface area contributed by atoms with Crippen LogP contribution in [-0.2, 0) is 6.42 Å². The SMILES string of the molecule is CCCCCCCCCCCCc1ccccc1C(=O)O.[H-].[Na+]. The summed E-state index contributed by atoms with van der Waals surface area (Å²) in [5.74, 6) is -0.808. The van der Waals surface area contributed by atoms with E-state index in [1.165, 1.54) is 57.8 Å². The van der Waals surface area contributed by atoms with Gasteiger partial charge >= 0.3 is 35.5 Å². The molecule has 0 bridgehead atoms. The molecule has 0 atom stereocenters. The number of hydrogen-bond donors (Lipinski definition) is 1. The number of rotatable bonds is 12. The van der Waals surface area contributed by atoms with Crippen LogP contribution in [0.4, 0.5) is 0 Å². The van der Waals surface area contributed by atoms with Gasteiger partial charge in [-0.1, -0.05) is 82.9 Å². The average molecular weight is 314 g/mol. The molecule has 0 heterocycles. The zero-order valence-electron chi connectivity index (χ0n) is 15.4. The smallest absolute Gasteiger partial charge is 1.00 e. The Kier molecular flexibility index (Phi) is 14.1. The molecular weight excluding hydrogens is 283 g/mol. The van der Waals surface area contributed by atoms with E-state index in [4.69, 9.17) is 5.11 Å². The van der Waals surface area contributed by atoms with Gasteiger partial charge in [-0.15, -0.1) is 0 Å². The van der Waals surface area contributed by atoms with Crippen molar-refractivity contribution in [2.45, 2.75) is 77.6 Å². The normalized spacial score (nSPS) is 10.2. The molecule has 120 valence electrons. The van der Waals surface area contributed by atoms with Crippen LogP contribution in [0.3, 0.4) is 0 Å². The van der Waals surface area contributed by atoms with Gasteiger partial charge in [0.15, 0.2) is 0 Å². The van der Waals surface area contributed by atoms with E-state index in [-0.39, 0.29) is 31.0 Å². The molecule has 1 N–H and O–H groups in total. The van der Waals surface area contributed by atoms with Gasteiger partial charge in [0.25, 0.3) is 0 Å². The van der Waals surface area contributed by atoms with E-state index in [1.807, 2.05) is 12.1 Å². The monoisotopic (exact) mass is 314 g/mol. The van der Waals surface area contributed by atoms with Gasteiger partial charge < -0.3 is 6.53 Å². The molecule has 0 saturated carbocycles. The van der Waals surface area contributed by atoms with Crippen LogP contribution in [0.25, 0.3) is 0 Å². The minimum Gasteiger partial charge on any atom is -1.00 e. The van der Waals surface area contributed by atoms with E-state index in [0.29, 0.717) is 5.56 Å². The number of hydrogen-bond acceptors (Lipinski definition) is 1. The van der Waals surface area contributed by atoms with Crippen LogP contribution in [0.15, 0.2) is 24.3 Å². The topological polar surface area (TPSA) is 37.3 Å². The van der Waals surface area contributed by atoms with Crippen molar-refractivity contribution in [1.29, 1.82) is 0 Å². The van der Waals surface area contributed by atoms with Crippen LogP contribution in [0, 0.1) is 0 Å². The van der Waals surface area contributed by atoms with Crippen LogP contribution in [0.1, 0.15) is 88.5 Å². The van der Waals surface area contributed by atoms with Crippen molar-refractivity contribution < 1.29 is 40.9 Å². The Bertz CT molecular complexity index is 410. The van der Waals surface area contributed by atoms with Crippen LogP contribution >= 0.6 is 0 Å². The number of aryl methyl sites for hydroxylation is 1. The van der Waals surface area contributed by atoms with E-state index in [2.05, 4.69) is 6.92 Å². The van der Waals surface area contributed by atoms with Crippen LogP contribution in [-0.4, -0.2) is 11.1 Å². The Morgan fingerprint density at radius 3 is 1.95 bits per heavy atom. The Balaban J connectivity index is 0. The molecular formula is C19H31NaO2. The molecule has 0 saturated heterocycles. The molecule has 1 aromatic carbocycles. The number of carboxylic acids is 1. The Morgan fingerprint density at radius 2 is 1.41 bits per heavy atom. The minimum atomic E-state index is -0.808. The summed E-state index contributed by atoms with van der Waals surface area (Å²) >= 11 is 0. The second-order valence-electron chi connectivity index (χ2n) is 5.89. The van der Waals surface area contributed by atoms with E-state index in [0.717, 1.165) is 18.4 Å². The van der Waals surface area contributed by atoms with Crippen LogP contribution in [0.5, 0.6) is 0 Å². The summed E-state index contributed by atoms with van der Waals surface area (Å²) in [6.45, 7) is 2.25. The standard InChI is InChI=1S/C19H30O2.Na.H/c1-2-3-4-5-6-7-8-9-10-11-14-17-15-12-13-16-18(17)19(20)21;;/h12-13,15-16H,2-11,14H2,1H3,(H,20,21);;/q;+1;-1. The second kappa shape index (κ2) is 14.3. The molecule has 0 unspecified atom stereocenters. The first-order valence-corrected chi connectivity index (χ1v) is 8.57. The molecule has 0 aliphatic carbocycles. The van der Waals surface area contributed by atoms with E-state index < -0.39 is 5.97 Å². The number of carboxylic acid groups (broad SMARTS) is 1. The van der Waals surface area contributed by atoms with Crippen molar-refractivity contribution in [3.05, 3.63) is 35.4 Å². The maximum absolute atomic E-state index is 11.1. The van der Waals surface area contributed by atoms with Crippen molar-refractivity contribution in [2.24, 2.45) is 0 Å². The van der Waals surface area contributed by atoms with Gasteiger partial charge in [-0.25, -0.2) is 4.79 Å². The largest absolute Gasteiger partial charge is 1.00 e.